The first-order valence-electron chi connectivity index (χ1n) is 10.1. The van der Waals surface area contributed by atoms with Crippen molar-refractivity contribution >= 4 is 40.1 Å². The van der Waals surface area contributed by atoms with Gasteiger partial charge in [-0.3, -0.25) is 0 Å². The highest BCUT2D eigenvalue weighted by Gasteiger charge is 2.29. The molecule has 0 atom stereocenters. The van der Waals surface area contributed by atoms with Gasteiger partial charge in [-0.05, 0) is 31.9 Å². The standard InChI is InChI=1S/C22H26Cl2N4/c1-4-6-16(7-5-2)28-11-10-27-13-18(17-9-8-15(23)12-19(17)24)20-21(27)22(28)26-14(3)25-20/h8-9,12-13,16H,4-7,10-11H2,1-3H3. The van der Waals surface area contributed by atoms with Crippen LogP contribution in [0.2, 0.25) is 10.0 Å². The number of benzene rings is 1. The molecule has 0 amide bonds. The predicted molar refractivity (Wildman–Crippen MR) is 119 cm³/mol. The van der Waals surface area contributed by atoms with Crippen LogP contribution in [0.25, 0.3) is 22.2 Å². The van der Waals surface area contributed by atoms with Crippen molar-refractivity contribution in [1.29, 1.82) is 0 Å². The van der Waals surface area contributed by atoms with E-state index in [0.717, 1.165) is 46.9 Å². The van der Waals surface area contributed by atoms with E-state index in [4.69, 9.17) is 33.2 Å². The Morgan fingerprint density at radius 1 is 1.04 bits per heavy atom. The van der Waals surface area contributed by atoms with E-state index in [9.17, 15) is 0 Å². The second-order valence-corrected chi connectivity index (χ2v) is 8.42. The highest BCUT2D eigenvalue weighted by molar-refractivity contribution is 6.36. The van der Waals surface area contributed by atoms with Gasteiger partial charge in [0.1, 0.15) is 16.9 Å². The van der Waals surface area contributed by atoms with Crippen LogP contribution >= 0.6 is 23.2 Å². The van der Waals surface area contributed by atoms with Gasteiger partial charge in [-0.15, -0.1) is 0 Å². The van der Waals surface area contributed by atoms with Gasteiger partial charge >= 0.3 is 0 Å². The zero-order valence-corrected chi connectivity index (χ0v) is 18.2. The third kappa shape index (κ3) is 3.37. The molecule has 0 N–H and O–H groups in total. The van der Waals surface area contributed by atoms with E-state index < -0.39 is 0 Å². The minimum atomic E-state index is 0.527. The highest BCUT2D eigenvalue weighted by Crippen LogP contribution is 2.40. The summed E-state index contributed by atoms with van der Waals surface area (Å²) < 4.78 is 2.29. The van der Waals surface area contributed by atoms with Crippen molar-refractivity contribution in [2.75, 3.05) is 11.4 Å². The second-order valence-electron chi connectivity index (χ2n) is 7.58. The largest absolute Gasteiger partial charge is 0.350 e. The summed E-state index contributed by atoms with van der Waals surface area (Å²) in [7, 11) is 0. The van der Waals surface area contributed by atoms with Crippen molar-refractivity contribution in [2.45, 2.75) is 59.0 Å². The molecule has 0 spiro atoms. The summed E-state index contributed by atoms with van der Waals surface area (Å²) in [6, 6.07) is 6.18. The Kier molecular flexibility index (Phi) is 5.52. The van der Waals surface area contributed by atoms with Crippen LogP contribution in [0, 0.1) is 6.92 Å². The summed E-state index contributed by atoms with van der Waals surface area (Å²) in [5, 5.41) is 1.29. The summed E-state index contributed by atoms with van der Waals surface area (Å²) in [6.45, 7) is 8.41. The molecule has 0 unspecified atom stereocenters. The maximum Gasteiger partial charge on any atom is 0.157 e. The van der Waals surface area contributed by atoms with Gasteiger partial charge in [-0.2, -0.15) is 0 Å². The molecule has 3 aromatic rings. The monoisotopic (exact) mass is 416 g/mol. The summed E-state index contributed by atoms with van der Waals surface area (Å²) in [5.74, 6) is 1.86. The van der Waals surface area contributed by atoms with E-state index in [1.165, 1.54) is 25.7 Å². The summed E-state index contributed by atoms with van der Waals surface area (Å²) in [6.07, 6.45) is 6.91. The molecule has 3 heterocycles. The Morgan fingerprint density at radius 2 is 1.79 bits per heavy atom. The number of aryl methyl sites for hydroxylation is 1. The van der Waals surface area contributed by atoms with E-state index in [1.807, 2.05) is 19.1 Å². The van der Waals surface area contributed by atoms with Gasteiger partial charge in [0, 0.05) is 41.5 Å². The molecule has 0 saturated heterocycles. The number of anilines is 1. The maximum atomic E-state index is 6.53. The van der Waals surface area contributed by atoms with Crippen molar-refractivity contribution in [2.24, 2.45) is 0 Å². The molecule has 0 saturated carbocycles. The fraction of sp³-hybridized carbons (Fsp3) is 0.455. The highest BCUT2D eigenvalue weighted by atomic mass is 35.5. The molecule has 28 heavy (non-hydrogen) atoms. The van der Waals surface area contributed by atoms with E-state index in [2.05, 4.69) is 29.5 Å². The van der Waals surface area contributed by atoms with Crippen molar-refractivity contribution in [1.82, 2.24) is 14.5 Å². The SMILES string of the molecule is CCCC(CCC)N1CCn2cc(-c3ccc(Cl)cc3Cl)c3nc(C)nc1c32. The quantitative estimate of drug-likeness (QED) is 0.459. The van der Waals surface area contributed by atoms with Crippen molar-refractivity contribution < 1.29 is 0 Å². The third-order valence-corrected chi connectivity index (χ3v) is 6.11. The average Bonchev–Trinajstić information content (AvgIpc) is 3.01. The molecule has 1 aliphatic rings. The molecule has 4 rings (SSSR count). The Morgan fingerprint density at radius 3 is 2.46 bits per heavy atom. The molecule has 1 aromatic carbocycles. The third-order valence-electron chi connectivity index (χ3n) is 5.56. The van der Waals surface area contributed by atoms with Crippen LogP contribution < -0.4 is 4.90 Å². The van der Waals surface area contributed by atoms with Gasteiger partial charge in [0.05, 0.1) is 5.02 Å². The Hall–Kier alpha value is -1.78. The summed E-state index contributed by atoms with van der Waals surface area (Å²) in [5.41, 5.74) is 4.11. The smallest absolute Gasteiger partial charge is 0.157 e. The molecule has 148 valence electrons. The Bertz CT molecular complexity index is 1010. The van der Waals surface area contributed by atoms with Crippen LogP contribution in [0.3, 0.4) is 0 Å². The number of hydrogen-bond donors (Lipinski definition) is 0. The lowest BCUT2D eigenvalue weighted by Gasteiger charge is -2.36. The first-order valence-corrected chi connectivity index (χ1v) is 10.9. The topological polar surface area (TPSA) is 34.0 Å². The lowest BCUT2D eigenvalue weighted by atomic mass is 10.0. The minimum absolute atomic E-state index is 0.527. The molecule has 0 aliphatic carbocycles. The molecular weight excluding hydrogens is 391 g/mol. The van der Waals surface area contributed by atoms with Gasteiger partial charge in [0.25, 0.3) is 0 Å². The first kappa shape index (κ1) is 19.5. The lowest BCUT2D eigenvalue weighted by Crippen LogP contribution is -2.41. The predicted octanol–water partition coefficient (Wildman–Crippen LogP) is 6.50. The van der Waals surface area contributed by atoms with Gasteiger partial charge in [-0.1, -0.05) is 56.0 Å². The molecule has 2 aromatic heterocycles. The van der Waals surface area contributed by atoms with Crippen LogP contribution in [0.4, 0.5) is 5.82 Å². The minimum Gasteiger partial charge on any atom is -0.350 e. The molecule has 4 nitrogen and oxygen atoms in total. The number of aromatic nitrogens is 3. The number of rotatable bonds is 6. The van der Waals surface area contributed by atoms with E-state index in [0.29, 0.717) is 16.1 Å². The molecule has 0 bridgehead atoms. The maximum absolute atomic E-state index is 6.53. The van der Waals surface area contributed by atoms with Gasteiger partial charge in [-0.25, -0.2) is 9.97 Å². The second kappa shape index (κ2) is 7.92. The summed E-state index contributed by atoms with van der Waals surface area (Å²) in [4.78, 5) is 12.2. The van der Waals surface area contributed by atoms with Crippen LogP contribution in [0.1, 0.15) is 45.4 Å². The summed E-state index contributed by atoms with van der Waals surface area (Å²) >= 11 is 12.6. The normalized spacial score (nSPS) is 13.7. The van der Waals surface area contributed by atoms with Crippen molar-refractivity contribution in [3.8, 4) is 11.1 Å². The van der Waals surface area contributed by atoms with E-state index >= 15 is 0 Å². The molecule has 1 aliphatic heterocycles. The lowest BCUT2D eigenvalue weighted by molar-refractivity contribution is 0.479. The molecular formula is C22H26Cl2N4. The molecule has 6 heteroatoms. The van der Waals surface area contributed by atoms with Gasteiger partial charge < -0.3 is 9.47 Å². The number of hydrogen-bond acceptors (Lipinski definition) is 3. The number of halogens is 2. The van der Waals surface area contributed by atoms with Crippen LogP contribution in [0.15, 0.2) is 24.4 Å². The van der Waals surface area contributed by atoms with Crippen LogP contribution in [-0.2, 0) is 6.54 Å². The van der Waals surface area contributed by atoms with Crippen LogP contribution in [-0.4, -0.2) is 27.1 Å². The van der Waals surface area contributed by atoms with E-state index in [1.54, 1.807) is 6.07 Å². The fourth-order valence-corrected chi connectivity index (χ4v) is 4.88. The molecule has 0 radical (unpaired) electrons. The fourth-order valence-electron chi connectivity index (χ4n) is 4.37. The van der Waals surface area contributed by atoms with Crippen molar-refractivity contribution in [3.63, 3.8) is 0 Å². The zero-order chi connectivity index (χ0) is 19.8. The Labute approximate surface area is 176 Å². The Balaban J connectivity index is 1.90. The zero-order valence-electron chi connectivity index (χ0n) is 16.7. The molecule has 0 fully saturated rings. The first-order chi connectivity index (χ1) is 13.5. The van der Waals surface area contributed by atoms with E-state index in [-0.39, 0.29) is 0 Å². The number of nitrogens with zero attached hydrogens (tertiary/aromatic N) is 4. The van der Waals surface area contributed by atoms with Crippen molar-refractivity contribution in [3.05, 3.63) is 40.3 Å². The van der Waals surface area contributed by atoms with Gasteiger partial charge in [0.2, 0.25) is 0 Å². The van der Waals surface area contributed by atoms with Crippen LogP contribution in [0.5, 0.6) is 0 Å². The average molecular weight is 417 g/mol. The van der Waals surface area contributed by atoms with Gasteiger partial charge in [0.15, 0.2) is 5.82 Å².